The highest BCUT2D eigenvalue weighted by molar-refractivity contribution is 7.15. The number of para-hydroxylation sites is 1. The molecule has 1 N–H and O–H groups in total. The summed E-state index contributed by atoms with van der Waals surface area (Å²) in [7, 11) is 0. The maximum Gasteiger partial charge on any atom is 0.129 e. The van der Waals surface area contributed by atoms with Crippen LogP contribution in [0.3, 0.4) is 0 Å². The Hall–Kier alpha value is -1.39. The molecule has 0 unspecified atom stereocenters. The van der Waals surface area contributed by atoms with Crippen molar-refractivity contribution in [1.82, 2.24) is 10.3 Å². The fourth-order valence-corrected chi connectivity index (χ4v) is 3.34. The Morgan fingerprint density at radius 3 is 2.71 bits per heavy atom. The van der Waals surface area contributed by atoms with Crippen molar-refractivity contribution in [3.8, 4) is 16.3 Å². The zero-order chi connectivity index (χ0) is 15.1. The second-order valence-electron chi connectivity index (χ2n) is 4.85. The lowest BCUT2D eigenvalue weighted by molar-refractivity contribution is 0.341. The number of rotatable bonds is 8. The number of nitrogens with zero attached hydrogens (tertiary/aromatic N) is 1. The first-order valence-corrected chi connectivity index (χ1v) is 8.53. The molecule has 0 radical (unpaired) electrons. The number of hydrogen-bond donors (Lipinski definition) is 1. The number of benzene rings is 1. The number of aryl methyl sites for hydroxylation is 1. The van der Waals surface area contributed by atoms with Crippen molar-refractivity contribution in [2.45, 2.75) is 40.2 Å². The third kappa shape index (κ3) is 4.05. The first-order valence-electron chi connectivity index (χ1n) is 7.71. The van der Waals surface area contributed by atoms with Crippen LogP contribution in [0.15, 0.2) is 24.3 Å². The maximum absolute atomic E-state index is 5.73. The van der Waals surface area contributed by atoms with Crippen molar-refractivity contribution < 1.29 is 4.74 Å². The van der Waals surface area contributed by atoms with Gasteiger partial charge in [0.1, 0.15) is 10.8 Å². The van der Waals surface area contributed by atoms with E-state index in [0.29, 0.717) is 6.61 Å². The molecule has 1 aromatic carbocycles. The van der Waals surface area contributed by atoms with Crippen molar-refractivity contribution in [3.63, 3.8) is 0 Å². The molecule has 0 fully saturated rings. The molecule has 0 bridgehead atoms. The van der Waals surface area contributed by atoms with Crippen LogP contribution in [0.1, 0.15) is 37.8 Å². The minimum Gasteiger partial charge on any atom is -0.493 e. The molecule has 3 nitrogen and oxygen atoms in total. The molecule has 0 aliphatic heterocycles. The van der Waals surface area contributed by atoms with Crippen LogP contribution < -0.4 is 10.1 Å². The average Bonchev–Trinajstić information content (AvgIpc) is 2.89. The van der Waals surface area contributed by atoms with Gasteiger partial charge < -0.3 is 10.1 Å². The largest absolute Gasteiger partial charge is 0.493 e. The van der Waals surface area contributed by atoms with Crippen LogP contribution in [-0.4, -0.2) is 18.1 Å². The van der Waals surface area contributed by atoms with Gasteiger partial charge in [0.05, 0.1) is 17.9 Å². The monoisotopic (exact) mass is 304 g/mol. The van der Waals surface area contributed by atoms with Crippen LogP contribution in [0.4, 0.5) is 0 Å². The van der Waals surface area contributed by atoms with Crippen LogP contribution >= 0.6 is 11.3 Å². The highest BCUT2D eigenvalue weighted by atomic mass is 32.1. The second kappa shape index (κ2) is 8.15. The topological polar surface area (TPSA) is 34.1 Å². The van der Waals surface area contributed by atoms with Gasteiger partial charge in [-0.15, -0.1) is 11.3 Å². The van der Waals surface area contributed by atoms with Crippen LogP contribution in [-0.2, 0) is 13.0 Å². The summed E-state index contributed by atoms with van der Waals surface area (Å²) in [6.07, 6.45) is 2.16. The van der Waals surface area contributed by atoms with Gasteiger partial charge in [0, 0.05) is 11.4 Å². The SMILES string of the molecule is CCCc1nc(-c2ccccc2OCC)sc1CNCC. The summed E-state index contributed by atoms with van der Waals surface area (Å²) in [5.41, 5.74) is 2.33. The number of ether oxygens (including phenoxy) is 1. The molecular weight excluding hydrogens is 280 g/mol. The van der Waals surface area contributed by atoms with E-state index in [9.17, 15) is 0 Å². The molecule has 0 atom stereocenters. The van der Waals surface area contributed by atoms with Crippen LogP contribution in [0.5, 0.6) is 5.75 Å². The van der Waals surface area contributed by atoms with E-state index in [1.54, 1.807) is 11.3 Å². The molecule has 0 saturated carbocycles. The van der Waals surface area contributed by atoms with Crippen molar-refractivity contribution in [3.05, 3.63) is 34.8 Å². The Labute approximate surface area is 131 Å². The summed E-state index contributed by atoms with van der Waals surface area (Å²) in [4.78, 5) is 6.21. The molecule has 4 heteroatoms. The highest BCUT2D eigenvalue weighted by Crippen LogP contribution is 2.34. The number of thiazole rings is 1. The van der Waals surface area contributed by atoms with Gasteiger partial charge in [-0.1, -0.05) is 32.4 Å². The van der Waals surface area contributed by atoms with E-state index in [2.05, 4.69) is 25.2 Å². The van der Waals surface area contributed by atoms with E-state index in [-0.39, 0.29) is 0 Å². The van der Waals surface area contributed by atoms with E-state index in [4.69, 9.17) is 9.72 Å². The minimum atomic E-state index is 0.675. The third-order valence-electron chi connectivity index (χ3n) is 3.22. The maximum atomic E-state index is 5.73. The molecule has 2 rings (SSSR count). The van der Waals surface area contributed by atoms with Crippen molar-refractivity contribution in [2.75, 3.05) is 13.2 Å². The lowest BCUT2D eigenvalue weighted by Crippen LogP contribution is -2.11. The molecule has 0 aliphatic carbocycles. The van der Waals surface area contributed by atoms with E-state index in [1.807, 2.05) is 25.1 Å². The van der Waals surface area contributed by atoms with Crippen LogP contribution in [0.25, 0.3) is 10.6 Å². The van der Waals surface area contributed by atoms with Gasteiger partial charge in [0.2, 0.25) is 0 Å². The van der Waals surface area contributed by atoms with E-state index < -0.39 is 0 Å². The van der Waals surface area contributed by atoms with Crippen LogP contribution in [0, 0.1) is 0 Å². The molecule has 21 heavy (non-hydrogen) atoms. The molecule has 0 spiro atoms. The first kappa shape index (κ1) is 16.0. The van der Waals surface area contributed by atoms with Gasteiger partial charge in [-0.25, -0.2) is 4.98 Å². The Morgan fingerprint density at radius 1 is 1.19 bits per heavy atom. The molecule has 0 aliphatic rings. The average molecular weight is 304 g/mol. The van der Waals surface area contributed by atoms with Gasteiger partial charge in [0.25, 0.3) is 0 Å². The molecule has 114 valence electrons. The smallest absolute Gasteiger partial charge is 0.129 e. The summed E-state index contributed by atoms with van der Waals surface area (Å²) in [5, 5.41) is 4.47. The predicted octanol–water partition coefficient (Wildman–Crippen LogP) is 4.27. The van der Waals surface area contributed by atoms with Gasteiger partial charge >= 0.3 is 0 Å². The number of hydrogen-bond acceptors (Lipinski definition) is 4. The standard InChI is InChI=1S/C17H24N2OS/c1-4-9-14-16(12-18-5-2)21-17(19-14)13-10-7-8-11-15(13)20-6-3/h7-8,10-11,18H,4-6,9,12H2,1-3H3. The van der Waals surface area contributed by atoms with Gasteiger partial charge in [-0.05, 0) is 32.0 Å². The normalized spacial score (nSPS) is 10.8. The molecule has 1 aromatic heterocycles. The summed E-state index contributed by atoms with van der Waals surface area (Å²) >= 11 is 1.78. The molecular formula is C17H24N2OS. The third-order valence-corrected chi connectivity index (χ3v) is 4.35. The fraction of sp³-hybridized carbons (Fsp3) is 0.471. The molecule has 1 heterocycles. The second-order valence-corrected chi connectivity index (χ2v) is 5.93. The van der Waals surface area contributed by atoms with Crippen molar-refractivity contribution >= 4 is 11.3 Å². The molecule has 0 saturated heterocycles. The highest BCUT2D eigenvalue weighted by Gasteiger charge is 2.14. The van der Waals surface area contributed by atoms with E-state index in [0.717, 1.165) is 42.3 Å². The number of nitrogens with one attached hydrogen (secondary N) is 1. The van der Waals surface area contributed by atoms with Gasteiger partial charge in [0.15, 0.2) is 0 Å². The fourth-order valence-electron chi connectivity index (χ4n) is 2.23. The zero-order valence-electron chi connectivity index (χ0n) is 13.1. The van der Waals surface area contributed by atoms with Gasteiger partial charge in [-0.3, -0.25) is 0 Å². The Balaban J connectivity index is 2.35. The molecule has 0 amide bonds. The van der Waals surface area contributed by atoms with Crippen molar-refractivity contribution in [2.24, 2.45) is 0 Å². The summed E-state index contributed by atoms with van der Waals surface area (Å²) < 4.78 is 5.73. The zero-order valence-corrected chi connectivity index (χ0v) is 13.9. The van der Waals surface area contributed by atoms with Gasteiger partial charge in [-0.2, -0.15) is 0 Å². The molecule has 2 aromatic rings. The summed E-state index contributed by atoms with van der Waals surface area (Å²) in [5.74, 6) is 0.923. The quantitative estimate of drug-likeness (QED) is 0.791. The van der Waals surface area contributed by atoms with E-state index >= 15 is 0 Å². The Kier molecular flexibility index (Phi) is 6.21. The lowest BCUT2D eigenvalue weighted by Gasteiger charge is -2.07. The lowest BCUT2D eigenvalue weighted by atomic mass is 10.2. The summed E-state index contributed by atoms with van der Waals surface area (Å²) in [6.45, 7) is 8.90. The van der Waals surface area contributed by atoms with Crippen LogP contribution in [0.2, 0.25) is 0 Å². The Morgan fingerprint density at radius 2 is 2.00 bits per heavy atom. The summed E-state index contributed by atoms with van der Waals surface area (Å²) in [6, 6.07) is 8.16. The van der Waals surface area contributed by atoms with Crippen molar-refractivity contribution in [1.29, 1.82) is 0 Å². The minimum absolute atomic E-state index is 0.675. The van der Waals surface area contributed by atoms with E-state index in [1.165, 1.54) is 10.6 Å². The Bertz CT molecular complexity index is 566. The predicted molar refractivity (Wildman–Crippen MR) is 90.1 cm³/mol. The first-order chi connectivity index (χ1) is 10.3. The number of aromatic nitrogens is 1.